The summed E-state index contributed by atoms with van der Waals surface area (Å²) in [6, 6.07) is 7.87. The molecule has 1 aliphatic rings. The van der Waals surface area contributed by atoms with Crippen molar-refractivity contribution >= 4 is 16.9 Å². The minimum Gasteiger partial charge on any atom is -0.392 e. The van der Waals surface area contributed by atoms with Gasteiger partial charge in [0, 0.05) is 31.4 Å². The van der Waals surface area contributed by atoms with Crippen molar-refractivity contribution in [2.45, 2.75) is 12.7 Å². The second kappa shape index (κ2) is 6.79. The molecule has 4 rings (SSSR count). The lowest BCUT2D eigenvalue weighted by atomic mass is 10.0. The number of aromatic amines is 1. The summed E-state index contributed by atoms with van der Waals surface area (Å²) in [5.41, 5.74) is 9.50. The van der Waals surface area contributed by atoms with Crippen LogP contribution in [0.4, 0.5) is 5.82 Å². The van der Waals surface area contributed by atoms with Gasteiger partial charge in [-0.1, -0.05) is 18.2 Å². The van der Waals surface area contributed by atoms with Gasteiger partial charge in [-0.3, -0.25) is 0 Å². The van der Waals surface area contributed by atoms with Crippen molar-refractivity contribution in [1.29, 1.82) is 0 Å². The van der Waals surface area contributed by atoms with Crippen LogP contribution in [0.15, 0.2) is 36.8 Å². The van der Waals surface area contributed by atoms with E-state index in [4.69, 9.17) is 10.5 Å². The highest BCUT2D eigenvalue weighted by Crippen LogP contribution is 2.34. The van der Waals surface area contributed by atoms with E-state index in [9.17, 15) is 5.11 Å². The number of fused-ring (bicyclic) bond motifs is 1. The van der Waals surface area contributed by atoms with Crippen LogP contribution in [-0.2, 0) is 11.3 Å². The van der Waals surface area contributed by atoms with Crippen molar-refractivity contribution in [1.82, 2.24) is 15.0 Å². The number of anilines is 1. The van der Waals surface area contributed by atoms with Gasteiger partial charge in [0.25, 0.3) is 0 Å². The van der Waals surface area contributed by atoms with E-state index in [2.05, 4.69) is 19.9 Å². The van der Waals surface area contributed by atoms with Crippen LogP contribution >= 0.6 is 0 Å². The van der Waals surface area contributed by atoms with E-state index < -0.39 is 0 Å². The van der Waals surface area contributed by atoms with Gasteiger partial charge < -0.3 is 25.5 Å². The van der Waals surface area contributed by atoms with Crippen LogP contribution in [0.1, 0.15) is 5.56 Å². The van der Waals surface area contributed by atoms with Gasteiger partial charge in [-0.25, -0.2) is 9.97 Å². The zero-order chi connectivity index (χ0) is 17.2. The molecule has 0 bridgehead atoms. The lowest BCUT2D eigenvalue weighted by Gasteiger charge is -2.33. The third-order valence-electron chi connectivity index (χ3n) is 4.57. The number of aromatic nitrogens is 3. The molecule has 130 valence electrons. The fraction of sp³-hybridized carbons (Fsp3) is 0.333. The summed E-state index contributed by atoms with van der Waals surface area (Å²) < 4.78 is 5.67. The Balaban J connectivity index is 1.81. The molecule has 1 fully saturated rings. The van der Waals surface area contributed by atoms with Gasteiger partial charge in [0.1, 0.15) is 17.8 Å². The van der Waals surface area contributed by atoms with E-state index in [1.165, 1.54) is 0 Å². The standard InChI is InChI=1S/C18H21N5O2/c19-7-14-9-23(4-5-25-14)18-16-15(8-20-17(16)21-11-22-18)13-3-1-2-12(6-13)10-24/h1-3,6,8,11,14,24H,4-5,7,9-10,19H2,(H,20,21,22)/t14-/m0/s1. The van der Waals surface area contributed by atoms with E-state index in [0.717, 1.165) is 40.1 Å². The van der Waals surface area contributed by atoms with Gasteiger partial charge in [0.15, 0.2) is 0 Å². The number of hydrogen-bond donors (Lipinski definition) is 3. The molecule has 4 N–H and O–H groups in total. The Morgan fingerprint density at radius 1 is 1.36 bits per heavy atom. The van der Waals surface area contributed by atoms with Crippen LogP contribution in [0.25, 0.3) is 22.2 Å². The largest absolute Gasteiger partial charge is 0.392 e. The Bertz CT molecular complexity index is 879. The lowest BCUT2D eigenvalue weighted by Crippen LogP contribution is -2.46. The number of ether oxygens (including phenoxy) is 1. The first kappa shape index (κ1) is 16.0. The molecule has 3 heterocycles. The maximum atomic E-state index is 9.42. The second-order valence-electron chi connectivity index (χ2n) is 6.16. The molecule has 1 aliphatic heterocycles. The SMILES string of the molecule is NC[C@H]1CN(c2ncnc3[nH]cc(-c4cccc(CO)c4)c23)CCO1. The van der Waals surface area contributed by atoms with Crippen LogP contribution in [0.3, 0.4) is 0 Å². The normalized spacial score (nSPS) is 18.0. The molecule has 7 nitrogen and oxygen atoms in total. The van der Waals surface area contributed by atoms with Crippen LogP contribution in [0, 0.1) is 0 Å². The number of benzene rings is 1. The Kier molecular flexibility index (Phi) is 4.35. The van der Waals surface area contributed by atoms with Crippen molar-refractivity contribution in [2.75, 3.05) is 31.1 Å². The van der Waals surface area contributed by atoms with Gasteiger partial charge in [-0.05, 0) is 17.2 Å². The van der Waals surface area contributed by atoms with Crippen molar-refractivity contribution in [3.8, 4) is 11.1 Å². The monoisotopic (exact) mass is 339 g/mol. The number of rotatable bonds is 4. The number of hydrogen-bond acceptors (Lipinski definition) is 6. The minimum absolute atomic E-state index is 0.0128. The number of morpholine rings is 1. The molecule has 3 aromatic rings. The van der Waals surface area contributed by atoms with Gasteiger partial charge in [-0.15, -0.1) is 0 Å². The first-order valence-corrected chi connectivity index (χ1v) is 8.39. The zero-order valence-electron chi connectivity index (χ0n) is 13.9. The van der Waals surface area contributed by atoms with Gasteiger partial charge in [-0.2, -0.15) is 0 Å². The third-order valence-corrected chi connectivity index (χ3v) is 4.57. The summed E-state index contributed by atoms with van der Waals surface area (Å²) >= 11 is 0. The third kappa shape index (κ3) is 2.97. The second-order valence-corrected chi connectivity index (χ2v) is 6.16. The number of H-pyrrole nitrogens is 1. The van der Waals surface area contributed by atoms with E-state index in [1.807, 2.05) is 30.5 Å². The number of aliphatic hydroxyl groups is 1. The highest BCUT2D eigenvalue weighted by atomic mass is 16.5. The Labute approximate surface area is 145 Å². The molecule has 1 saturated heterocycles. The summed E-state index contributed by atoms with van der Waals surface area (Å²) in [7, 11) is 0. The average Bonchev–Trinajstić information content (AvgIpc) is 3.12. The van der Waals surface area contributed by atoms with Crippen molar-refractivity contribution in [3.05, 3.63) is 42.4 Å². The lowest BCUT2D eigenvalue weighted by molar-refractivity contribution is 0.0464. The van der Waals surface area contributed by atoms with Crippen LogP contribution in [0.2, 0.25) is 0 Å². The quantitative estimate of drug-likeness (QED) is 0.662. The molecule has 0 radical (unpaired) electrons. The summed E-state index contributed by atoms with van der Waals surface area (Å²) in [6.07, 6.45) is 3.54. The predicted octanol–water partition coefficient (Wildman–Crippen LogP) is 1.28. The number of aliphatic hydroxyl groups excluding tert-OH is 1. The van der Waals surface area contributed by atoms with E-state index in [0.29, 0.717) is 19.7 Å². The molecule has 0 spiro atoms. The Morgan fingerprint density at radius 2 is 2.28 bits per heavy atom. The molecule has 0 aliphatic carbocycles. The maximum absolute atomic E-state index is 9.42. The molecule has 2 aromatic heterocycles. The fourth-order valence-corrected chi connectivity index (χ4v) is 3.31. The van der Waals surface area contributed by atoms with Crippen LogP contribution in [-0.4, -0.2) is 52.4 Å². The molecule has 0 amide bonds. The summed E-state index contributed by atoms with van der Waals surface area (Å²) in [6.45, 7) is 2.62. The van der Waals surface area contributed by atoms with Crippen LogP contribution < -0.4 is 10.6 Å². The summed E-state index contributed by atoms with van der Waals surface area (Å²) in [4.78, 5) is 14.4. The molecule has 0 unspecified atom stereocenters. The Hall–Kier alpha value is -2.48. The molecule has 7 heteroatoms. The average molecular weight is 339 g/mol. The van der Waals surface area contributed by atoms with Gasteiger partial charge in [0.2, 0.25) is 0 Å². The van der Waals surface area contributed by atoms with E-state index >= 15 is 0 Å². The molecule has 25 heavy (non-hydrogen) atoms. The Morgan fingerprint density at radius 3 is 3.12 bits per heavy atom. The first-order valence-electron chi connectivity index (χ1n) is 8.39. The predicted molar refractivity (Wildman–Crippen MR) is 96.3 cm³/mol. The molecular formula is C18H21N5O2. The number of nitrogens with zero attached hydrogens (tertiary/aromatic N) is 3. The zero-order valence-corrected chi connectivity index (χ0v) is 13.9. The number of nitrogens with one attached hydrogen (secondary N) is 1. The summed E-state index contributed by atoms with van der Waals surface area (Å²) in [5, 5.41) is 10.4. The topological polar surface area (TPSA) is 100 Å². The minimum atomic E-state index is 0.0128. The number of nitrogens with two attached hydrogens (primary N) is 1. The van der Waals surface area contributed by atoms with E-state index in [-0.39, 0.29) is 12.7 Å². The molecule has 0 saturated carbocycles. The fourth-order valence-electron chi connectivity index (χ4n) is 3.31. The van der Waals surface area contributed by atoms with E-state index in [1.54, 1.807) is 6.33 Å². The highest BCUT2D eigenvalue weighted by Gasteiger charge is 2.24. The van der Waals surface area contributed by atoms with Gasteiger partial charge in [0.05, 0.1) is 24.7 Å². The van der Waals surface area contributed by atoms with Gasteiger partial charge >= 0.3 is 0 Å². The van der Waals surface area contributed by atoms with Crippen molar-refractivity contribution in [2.24, 2.45) is 5.73 Å². The first-order chi connectivity index (χ1) is 12.3. The maximum Gasteiger partial charge on any atom is 0.143 e. The molecule has 1 atom stereocenters. The molecular weight excluding hydrogens is 318 g/mol. The smallest absolute Gasteiger partial charge is 0.143 e. The summed E-state index contributed by atoms with van der Waals surface area (Å²) in [5.74, 6) is 0.886. The highest BCUT2D eigenvalue weighted by molar-refractivity contribution is 6.01. The van der Waals surface area contributed by atoms with Crippen molar-refractivity contribution in [3.63, 3.8) is 0 Å². The van der Waals surface area contributed by atoms with Crippen LogP contribution in [0.5, 0.6) is 0 Å². The van der Waals surface area contributed by atoms with Crippen molar-refractivity contribution < 1.29 is 9.84 Å². The molecule has 1 aromatic carbocycles.